The van der Waals surface area contributed by atoms with Gasteiger partial charge >= 0.3 is 0 Å². The average molecular weight is 428 g/mol. The summed E-state index contributed by atoms with van der Waals surface area (Å²) in [6, 6.07) is 16.0. The highest BCUT2D eigenvalue weighted by Gasteiger charge is 2.35. The minimum Gasteiger partial charge on any atom is -0.352 e. The number of anilines is 1. The van der Waals surface area contributed by atoms with Crippen LogP contribution in [0.4, 0.5) is 5.69 Å². The summed E-state index contributed by atoms with van der Waals surface area (Å²) in [6.07, 6.45) is 1.91. The van der Waals surface area contributed by atoms with E-state index in [9.17, 15) is 18.0 Å². The van der Waals surface area contributed by atoms with Crippen LogP contribution < -0.4 is 10.2 Å². The predicted octanol–water partition coefficient (Wildman–Crippen LogP) is 2.14. The van der Waals surface area contributed by atoms with Crippen LogP contribution in [0.5, 0.6) is 0 Å². The molecule has 1 atom stereocenters. The maximum absolute atomic E-state index is 12.7. The van der Waals surface area contributed by atoms with E-state index in [1.54, 1.807) is 29.2 Å². The second-order valence-corrected chi connectivity index (χ2v) is 9.65. The summed E-state index contributed by atoms with van der Waals surface area (Å²) in [5, 5.41) is 2.89. The van der Waals surface area contributed by atoms with E-state index in [0.29, 0.717) is 25.3 Å². The average Bonchev–Trinajstić information content (AvgIpc) is 3.43. The molecule has 2 saturated heterocycles. The molecule has 0 spiro atoms. The Bertz CT molecular complexity index is 1020. The lowest BCUT2D eigenvalue weighted by Gasteiger charge is -2.19. The van der Waals surface area contributed by atoms with Crippen molar-refractivity contribution in [2.75, 3.05) is 24.5 Å². The smallest absolute Gasteiger partial charge is 0.243 e. The van der Waals surface area contributed by atoms with E-state index < -0.39 is 15.9 Å². The molecular formula is C22H25N3O4S. The summed E-state index contributed by atoms with van der Waals surface area (Å²) in [5.41, 5.74) is 1.61. The van der Waals surface area contributed by atoms with Gasteiger partial charge in [0.2, 0.25) is 21.8 Å². The van der Waals surface area contributed by atoms with Crippen LogP contribution in [0.3, 0.4) is 0 Å². The third-order valence-corrected chi connectivity index (χ3v) is 7.57. The van der Waals surface area contributed by atoms with Crippen molar-refractivity contribution in [1.82, 2.24) is 9.62 Å². The lowest BCUT2D eigenvalue weighted by atomic mass is 10.1. The van der Waals surface area contributed by atoms with Gasteiger partial charge in [-0.1, -0.05) is 30.3 Å². The Morgan fingerprint density at radius 2 is 1.67 bits per heavy atom. The molecule has 2 aromatic carbocycles. The Morgan fingerprint density at radius 1 is 1.00 bits per heavy atom. The lowest BCUT2D eigenvalue weighted by Crippen LogP contribution is -2.32. The molecule has 0 radical (unpaired) electrons. The van der Waals surface area contributed by atoms with Crippen LogP contribution in [0.15, 0.2) is 59.5 Å². The van der Waals surface area contributed by atoms with Gasteiger partial charge in [0.15, 0.2) is 0 Å². The molecule has 2 aromatic rings. The standard InChI is InChI=1S/C22H25N3O4S/c26-21-14-18(22(27)23-15-17-6-2-1-3-7-17)16-25(21)19-8-10-20(11-9-19)30(28,29)24-12-4-5-13-24/h1-3,6-11,18H,4-5,12-16H2,(H,23,27)/t18-/m0/s1. The largest absolute Gasteiger partial charge is 0.352 e. The third-order valence-electron chi connectivity index (χ3n) is 5.66. The highest BCUT2D eigenvalue weighted by atomic mass is 32.2. The van der Waals surface area contributed by atoms with Crippen molar-refractivity contribution < 1.29 is 18.0 Å². The second-order valence-electron chi connectivity index (χ2n) is 7.71. The van der Waals surface area contributed by atoms with Crippen molar-refractivity contribution in [2.24, 2.45) is 5.92 Å². The van der Waals surface area contributed by atoms with Crippen LogP contribution in [0.25, 0.3) is 0 Å². The predicted molar refractivity (Wildman–Crippen MR) is 113 cm³/mol. The van der Waals surface area contributed by atoms with Crippen LogP contribution in [-0.4, -0.2) is 44.2 Å². The number of sulfonamides is 1. The number of benzene rings is 2. The molecule has 2 aliphatic heterocycles. The summed E-state index contributed by atoms with van der Waals surface area (Å²) < 4.78 is 26.8. The molecule has 30 heavy (non-hydrogen) atoms. The van der Waals surface area contributed by atoms with Gasteiger partial charge in [-0.25, -0.2) is 8.42 Å². The third kappa shape index (κ3) is 4.24. The van der Waals surface area contributed by atoms with Crippen molar-refractivity contribution in [3.8, 4) is 0 Å². The fraction of sp³-hybridized carbons (Fsp3) is 0.364. The number of amides is 2. The monoisotopic (exact) mass is 427 g/mol. The van der Waals surface area contributed by atoms with Crippen LogP contribution in [0.2, 0.25) is 0 Å². The Morgan fingerprint density at radius 3 is 2.33 bits per heavy atom. The van der Waals surface area contributed by atoms with E-state index in [-0.39, 0.29) is 29.7 Å². The van der Waals surface area contributed by atoms with E-state index in [1.807, 2.05) is 30.3 Å². The number of carbonyl (C=O) groups is 2. The maximum Gasteiger partial charge on any atom is 0.243 e. The molecule has 2 fully saturated rings. The fourth-order valence-electron chi connectivity index (χ4n) is 3.94. The van der Waals surface area contributed by atoms with E-state index in [1.165, 1.54) is 4.31 Å². The normalized spacial score (nSPS) is 19.9. The van der Waals surface area contributed by atoms with E-state index >= 15 is 0 Å². The second kappa shape index (κ2) is 8.57. The SMILES string of the molecule is O=C(NCc1ccccc1)[C@H]1CC(=O)N(c2ccc(S(=O)(=O)N3CCCC3)cc2)C1. The number of nitrogens with one attached hydrogen (secondary N) is 1. The van der Waals surface area contributed by atoms with Gasteiger partial charge in [-0.15, -0.1) is 0 Å². The highest BCUT2D eigenvalue weighted by molar-refractivity contribution is 7.89. The Labute approximate surface area is 176 Å². The van der Waals surface area contributed by atoms with E-state index in [4.69, 9.17) is 0 Å². The molecule has 4 rings (SSSR count). The van der Waals surface area contributed by atoms with Crippen LogP contribution >= 0.6 is 0 Å². The molecule has 2 heterocycles. The molecule has 158 valence electrons. The number of rotatable bonds is 6. The number of hydrogen-bond donors (Lipinski definition) is 1. The van der Waals surface area contributed by atoms with E-state index in [2.05, 4.69) is 5.32 Å². The summed E-state index contributed by atoms with van der Waals surface area (Å²) in [4.78, 5) is 26.8. The highest BCUT2D eigenvalue weighted by Crippen LogP contribution is 2.28. The first-order chi connectivity index (χ1) is 14.4. The van der Waals surface area contributed by atoms with Gasteiger partial charge in [0, 0.05) is 38.3 Å². The zero-order valence-electron chi connectivity index (χ0n) is 16.7. The molecule has 0 aliphatic carbocycles. The van der Waals surface area contributed by atoms with Crippen LogP contribution in [0.1, 0.15) is 24.8 Å². The zero-order valence-corrected chi connectivity index (χ0v) is 17.5. The minimum absolute atomic E-state index is 0.134. The van der Waals surface area contributed by atoms with Crippen molar-refractivity contribution in [3.63, 3.8) is 0 Å². The fourth-order valence-corrected chi connectivity index (χ4v) is 5.45. The van der Waals surface area contributed by atoms with Crippen LogP contribution in [0, 0.1) is 5.92 Å². The summed E-state index contributed by atoms with van der Waals surface area (Å²) in [7, 11) is -3.48. The topological polar surface area (TPSA) is 86.8 Å². The molecule has 0 saturated carbocycles. The molecule has 1 N–H and O–H groups in total. The molecule has 0 aromatic heterocycles. The Balaban J connectivity index is 1.39. The quantitative estimate of drug-likeness (QED) is 0.765. The molecule has 0 bridgehead atoms. The van der Waals surface area contributed by atoms with Gasteiger partial charge in [0.1, 0.15) is 0 Å². The van der Waals surface area contributed by atoms with Crippen molar-refractivity contribution in [1.29, 1.82) is 0 Å². The first kappa shape index (κ1) is 20.6. The van der Waals surface area contributed by atoms with Crippen molar-refractivity contribution in [3.05, 3.63) is 60.2 Å². The Hall–Kier alpha value is -2.71. The lowest BCUT2D eigenvalue weighted by molar-refractivity contribution is -0.126. The minimum atomic E-state index is -3.48. The summed E-state index contributed by atoms with van der Waals surface area (Å²) >= 11 is 0. The molecule has 2 amide bonds. The zero-order chi connectivity index (χ0) is 21.1. The molecule has 7 nitrogen and oxygen atoms in total. The van der Waals surface area contributed by atoms with Gasteiger partial charge in [-0.3, -0.25) is 9.59 Å². The Kier molecular flexibility index (Phi) is 5.87. The summed E-state index contributed by atoms with van der Waals surface area (Å²) in [5.74, 6) is -0.706. The van der Waals surface area contributed by atoms with Gasteiger partial charge in [0.05, 0.1) is 10.8 Å². The first-order valence-electron chi connectivity index (χ1n) is 10.2. The van der Waals surface area contributed by atoms with Gasteiger partial charge in [-0.05, 0) is 42.7 Å². The first-order valence-corrected chi connectivity index (χ1v) is 11.6. The van der Waals surface area contributed by atoms with Crippen LogP contribution in [-0.2, 0) is 26.2 Å². The molecule has 2 aliphatic rings. The van der Waals surface area contributed by atoms with E-state index in [0.717, 1.165) is 18.4 Å². The number of hydrogen-bond acceptors (Lipinski definition) is 4. The summed E-state index contributed by atoms with van der Waals surface area (Å²) in [6.45, 7) is 1.81. The maximum atomic E-state index is 12.7. The van der Waals surface area contributed by atoms with Crippen molar-refractivity contribution in [2.45, 2.75) is 30.7 Å². The van der Waals surface area contributed by atoms with Crippen molar-refractivity contribution >= 4 is 27.5 Å². The molecule has 8 heteroatoms. The number of nitrogens with zero attached hydrogens (tertiary/aromatic N) is 2. The number of carbonyl (C=O) groups excluding carboxylic acids is 2. The van der Waals surface area contributed by atoms with Gasteiger partial charge in [0.25, 0.3) is 0 Å². The van der Waals surface area contributed by atoms with Gasteiger partial charge < -0.3 is 10.2 Å². The molecule has 0 unspecified atom stereocenters. The molecular weight excluding hydrogens is 402 g/mol. The van der Waals surface area contributed by atoms with Gasteiger partial charge in [-0.2, -0.15) is 4.31 Å².